The number of carbonyl (C=O) groups is 2. The number of aliphatic hydroxyl groups excluding tert-OH is 1. The number of imide groups is 1. The summed E-state index contributed by atoms with van der Waals surface area (Å²) in [6.45, 7) is 1.01. The molecule has 0 aliphatic carbocycles. The Morgan fingerprint density at radius 3 is 2.41 bits per heavy atom. The minimum atomic E-state index is -4.84. The lowest BCUT2D eigenvalue weighted by Gasteiger charge is -2.31. The van der Waals surface area contributed by atoms with Gasteiger partial charge in [-0.3, -0.25) is 4.79 Å². The van der Waals surface area contributed by atoms with Crippen LogP contribution in [0.25, 0.3) is 0 Å². The second-order valence-electron chi connectivity index (χ2n) is 6.71. The Morgan fingerprint density at radius 2 is 1.86 bits per heavy atom. The number of halogens is 3. The molecule has 150 valence electrons. The Kier molecular flexibility index (Phi) is 4.84. The van der Waals surface area contributed by atoms with Gasteiger partial charge in [-0.25, -0.2) is 9.69 Å². The first-order valence-corrected chi connectivity index (χ1v) is 8.49. The second kappa shape index (κ2) is 6.90. The Labute approximate surface area is 164 Å². The van der Waals surface area contributed by atoms with E-state index in [0.29, 0.717) is 16.5 Å². The van der Waals surface area contributed by atoms with E-state index in [1.54, 1.807) is 31.2 Å². The van der Waals surface area contributed by atoms with Crippen LogP contribution in [0, 0.1) is 18.3 Å². The van der Waals surface area contributed by atoms with Gasteiger partial charge in [-0.05, 0) is 30.7 Å². The number of carbonyl (C=O) groups excluding carboxylic acids is 2. The predicted molar refractivity (Wildman–Crippen MR) is 96.7 cm³/mol. The van der Waals surface area contributed by atoms with E-state index in [1.165, 1.54) is 13.1 Å². The highest BCUT2D eigenvalue weighted by atomic mass is 19.4. The zero-order valence-electron chi connectivity index (χ0n) is 15.5. The van der Waals surface area contributed by atoms with E-state index in [2.05, 4.69) is 0 Å². The SMILES string of the molecule is Cc1cccc(C2(CO)C(=O)N(c3ccc(C#N)c(C(F)(F)F)c3)C(=O)N2C)c1. The largest absolute Gasteiger partial charge is 0.417 e. The van der Waals surface area contributed by atoms with Crippen LogP contribution in [0.5, 0.6) is 0 Å². The van der Waals surface area contributed by atoms with Crippen LogP contribution in [0.4, 0.5) is 23.7 Å². The summed E-state index contributed by atoms with van der Waals surface area (Å²) < 4.78 is 39.9. The first-order chi connectivity index (χ1) is 13.6. The lowest BCUT2D eigenvalue weighted by Crippen LogP contribution is -2.48. The van der Waals surface area contributed by atoms with Gasteiger partial charge in [0.05, 0.1) is 29.5 Å². The van der Waals surface area contributed by atoms with Gasteiger partial charge in [-0.2, -0.15) is 18.4 Å². The van der Waals surface area contributed by atoms with Crippen molar-refractivity contribution in [3.05, 3.63) is 64.7 Å². The Morgan fingerprint density at radius 1 is 1.17 bits per heavy atom. The quantitative estimate of drug-likeness (QED) is 0.798. The van der Waals surface area contributed by atoms with Crippen molar-refractivity contribution in [1.29, 1.82) is 5.26 Å². The number of aryl methyl sites for hydroxylation is 1. The monoisotopic (exact) mass is 403 g/mol. The van der Waals surface area contributed by atoms with Crippen LogP contribution >= 0.6 is 0 Å². The van der Waals surface area contributed by atoms with Crippen molar-refractivity contribution >= 4 is 17.6 Å². The van der Waals surface area contributed by atoms with Crippen molar-refractivity contribution in [2.75, 3.05) is 18.6 Å². The highest BCUT2D eigenvalue weighted by Gasteiger charge is 2.57. The maximum atomic E-state index is 13.3. The molecule has 1 aliphatic rings. The highest BCUT2D eigenvalue weighted by molar-refractivity contribution is 6.23. The standard InChI is InChI=1S/C20H16F3N3O3/c1-12-4-3-5-14(8-12)19(11-27)17(28)26(18(29)25(19)2)15-7-6-13(10-24)16(9-15)20(21,22)23/h3-9,27H,11H2,1-2H3. The summed E-state index contributed by atoms with van der Waals surface area (Å²) in [7, 11) is 1.30. The molecule has 2 aromatic carbocycles. The van der Waals surface area contributed by atoms with Crippen LogP contribution in [0.3, 0.4) is 0 Å². The fraction of sp³-hybridized carbons (Fsp3) is 0.250. The summed E-state index contributed by atoms with van der Waals surface area (Å²) in [5.41, 5.74) is -2.86. The smallest absolute Gasteiger partial charge is 0.393 e. The fourth-order valence-electron chi connectivity index (χ4n) is 3.44. The number of hydrogen-bond donors (Lipinski definition) is 1. The van der Waals surface area contributed by atoms with Crippen LogP contribution in [-0.2, 0) is 16.5 Å². The highest BCUT2D eigenvalue weighted by Crippen LogP contribution is 2.41. The average Bonchev–Trinajstić information content (AvgIpc) is 2.87. The molecule has 0 bridgehead atoms. The van der Waals surface area contributed by atoms with Crippen LogP contribution in [0.1, 0.15) is 22.3 Å². The lowest BCUT2D eigenvalue weighted by atomic mass is 9.88. The minimum Gasteiger partial charge on any atom is -0.393 e. The zero-order chi connectivity index (χ0) is 21.6. The number of hydrogen-bond acceptors (Lipinski definition) is 4. The molecule has 1 heterocycles. The maximum Gasteiger partial charge on any atom is 0.417 e. The van der Waals surface area contributed by atoms with Gasteiger partial charge >= 0.3 is 12.2 Å². The van der Waals surface area contributed by atoms with Gasteiger partial charge in [0.2, 0.25) is 0 Å². The molecule has 3 rings (SSSR count). The summed E-state index contributed by atoms with van der Waals surface area (Å²) in [6, 6.07) is 9.77. The van der Waals surface area contributed by atoms with Gasteiger partial charge < -0.3 is 10.0 Å². The molecule has 1 fully saturated rings. The van der Waals surface area contributed by atoms with Crippen molar-refractivity contribution in [2.24, 2.45) is 0 Å². The number of nitrogens with zero attached hydrogens (tertiary/aromatic N) is 3. The van der Waals surface area contributed by atoms with E-state index in [0.717, 1.165) is 22.6 Å². The number of anilines is 1. The molecule has 2 aromatic rings. The Balaban J connectivity index is 2.17. The van der Waals surface area contributed by atoms with E-state index < -0.39 is 41.4 Å². The number of benzene rings is 2. The first-order valence-electron chi connectivity index (χ1n) is 8.49. The summed E-state index contributed by atoms with van der Waals surface area (Å²) in [5, 5.41) is 19.0. The van der Waals surface area contributed by atoms with Crippen molar-refractivity contribution in [2.45, 2.75) is 18.6 Å². The average molecular weight is 403 g/mol. The molecule has 29 heavy (non-hydrogen) atoms. The van der Waals surface area contributed by atoms with E-state index in [1.807, 2.05) is 0 Å². The molecule has 0 radical (unpaired) electrons. The van der Waals surface area contributed by atoms with Crippen LogP contribution in [0.15, 0.2) is 42.5 Å². The summed E-state index contributed by atoms with van der Waals surface area (Å²) >= 11 is 0. The molecule has 9 heteroatoms. The Hall–Kier alpha value is -3.38. The number of urea groups is 1. The molecule has 0 aromatic heterocycles. The van der Waals surface area contributed by atoms with Crippen molar-refractivity contribution < 1.29 is 27.9 Å². The van der Waals surface area contributed by atoms with Crippen LogP contribution in [0.2, 0.25) is 0 Å². The number of nitriles is 1. The van der Waals surface area contributed by atoms with E-state index >= 15 is 0 Å². The Bertz CT molecular complexity index is 1050. The van der Waals surface area contributed by atoms with Gasteiger partial charge in [0.15, 0.2) is 5.54 Å². The molecule has 6 nitrogen and oxygen atoms in total. The van der Waals surface area contributed by atoms with Gasteiger partial charge in [0.25, 0.3) is 5.91 Å². The van der Waals surface area contributed by atoms with Gasteiger partial charge in [-0.15, -0.1) is 0 Å². The van der Waals surface area contributed by atoms with Crippen molar-refractivity contribution in [1.82, 2.24) is 4.90 Å². The van der Waals surface area contributed by atoms with Gasteiger partial charge in [0.1, 0.15) is 0 Å². The molecule has 1 saturated heterocycles. The van der Waals surface area contributed by atoms with Gasteiger partial charge in [0, 0.05) is 7.05 Å². The number of aliphatic hydroxyl groups is 1. The van der Waals surface area contributed by atoms with Crippen LogP contribution in [-0.4, -0.2) is 35.6 Å². The first kappa shape index (κ1) is 20.4. The van der Waals surface area contributed by atoms with Gasteiger partial charge in [-0.1, -0.05) is 29.8 Å². The van der Waals surface area contributed by atoms with E-state index in [-0.39, 0.29) is 5.69 Å². The maximum absolute atomic E-state index is 13.3. The summed E-state index contributed by atoms with van der Waals surface area (Å²) in [5.74, 6) is -0.879. The molecular weight excluding hydrogens is 387 g/mol. The third-order valence-electron chi connectivity index (χ3n) is 5.02. The lowest BCUT2D eigenvalue weighted by molar-refractivity contribution is -0.137. The van der Waals surface area contributed by atoms with Crippen molar-refractivity contribution in [3.63, 3.8) is 0 Å². The number of amides is 3. The normalized spacial score (nSPS) is 19.6. The van der Waals surface area contributed by atoms with E-state index in [4.69, 9.17) is 5.26 Å². The fourth-order valence-corrected chi connectivity index (χ4v) is 3.44. The minimum absolute atomic E-state index is 0.332. The second-order valence-corrected chi connectivity index (χ2v) is 6.71. The third kappa shape index (κ3) is 3.02. The molecule has 1 aliphatic heterocycles. The molecule has 0 spiro atoms. The molecule has 1 N–H and O–H groups in total. The van der Waals surface area contributed by atoms with Crippen LogP contribution < -0.4 is 4.90 Å². The number of rotatable bonds is 3. The van der Waals surface area contributed by atoms with Crippen molar-refractivity contribution in [3.8, 4) is 6.07 Å². The zero-order valence-corrected chi connectivity index (χ0v) is 15.5. The predicted octanol–water partition coefficient (Wildman–Crippen LogP) is 3.17. The molecule has 1 atom stereocenters. The van der Waals surface area contributed by atoms with E-state index in [9.17, 15) is 27.9 Å². The third-order valence-corrected chi connectivity index (χ3v) is 5.02. The molecule has 1 unspecified atom stereocenters. The molecule has 0 saturated carbocycles. The summed E-state index contributed by atoms with van der Waals surface area (Å²) in [4.78, 5) is 27.7. The summed E-state index contributed by atoms with van der Waals surface area (Å²) in [6.07, 6.45) is -4.84. The molecular formula is C20H16F3N3O3. The topological polar surface area (TPSA) is 84.6 Å². The molecule has 3 amide bonds. The number of alkyl halides is 3. The number of likely N-dealkylation sites (N-methyl/N-ethyl adjacent to an activating group) is 1.